The smallest absolute Gasteiger partial charge is 0.255 e. The monoisotopic (exact) mass is 1830 g/mol. The highest BCUT2D eigenvalue weighted by Gasteiger charge is 2.28. The summed E-state index contributed by atoms with van der Waals surface area (Å²) in [6.07, 6.45) is 3.75. The van der Waals surface area contributed by atoms with Crippen LogP contribution in [0.1, 0.15) is 129 Å². The van der Waals surface area contributed by atoms with Gasteiger partial charge in [0.25, 0.3) is 5.91 Å². The summed E-state index contributed by atoms with van der Waals surface area (Å²) in [7, 11) is -7.37. The quantitative estimate of drug-likeness (QED) is 0.0160. The van der Waals surface area contributed by atoms with Crippen LogP contribution >= 0.6 is 0 Å². The number of phenolic OH excluding ortho intramolecular Hbond substituents is 5. The fourth-order valence-electron chi connectivity index (χ4n) is 16.5. The number of hydrogen-bond acceptors (Lipinski definition) is 20. The number of unbranched alkanes of at least 4 members (excludes halogenated alkanes) is 1. The Morgan fingerprint density at radius 1 is 0.348 bits per heavy atom. The Morgan fingerprint density at radius 2 is 0.697 bits per heavy atom. The van der Waals surface area contributed by atoms with Gasteiger partial charge in [0.05, 0.1) is 64.5 Å². The molecule has 0 radical (unpaired) electrons. The van der Waals surface area contributed by atoms with Gasteiger partial charge < -0.3 is 79.9 Å². The summed E-state index contributed by atoms with van der Waals surface area (Å²) in [5.74, 6) is 2.79. The zero-order valence-corrected chi connectivity index (χ0v) is 80.9. The van der Waals surface area contributed by atoms with Crippen LogP contribution in [0.25, 0.3) is 102 Å². The molecular weight excluding hydrogens is 1700 g/mol. The number of aromatic nitrogens is 6. The van der Waals surface area contributed by atoms with Gasteiger partial charge in [-0.25, -0.2) is 31.8 Å². The van der Waals surface area contributed by atoms with E-state index in [0.29, 0.717) is 109 Å². The average Bonchev–Trinajstić information content (AvgIpc) is 1.61. The van der Waals surface area contributed by atoms with Crippen LogP contribution in [0.4, 0.5) is 45.5 Å². The van der Waals surface area contributed by atoms with Crippen LogP contribution < -0.4 is 48.9 Å². The number of rotatable bonds is 38. The first-order chi connectivity index (χ1) is 63.2. The van der Waals surface area contributed by atoms with Gasteiger partial charge in [-0.15, -0.1) is 0 Å². The molecule has 13 rings (SSSR count). The number of hydrogen-bond donors (Lipinski definition) is 11. The molecule has 28 heteroatoms. The summed E-state index contributed by atoms with van der Waals surface area (Å²) < 4.78 is 61.5. The minimum absolute atomic E-state index is 0.0744. The van der Waals surface area contributed by atoms with Gasteiger partial charge in [-0.3, -0.25) is 14.2 Å². The molecule has 0 aliphatic carbocycles. The van der Waals surface area contributed by atoms with Crippen molar-refractivity contribution in [3.8, 4) is 136 Å². The second kappa shape index (κ2) is 44.8. The van der Waals surface area contributed by atoms with Gasteiger partial charge in [0.15, 0.2) is 0 Å². The Bertz CT molecular complexity index is 6020. The largest absolute Gasteiger partial charge is 0.507 e. The van der Waals surface area contributed by atoms with Gasteiger partial charge in [0.1, 0.15) is 57.7 Å². The predicted molar refractivity (Wildman–Crippen MR) is 544 cm³/mol. The highest BCUT2D eigenvalue weighted by atomic mass is 32.2. The number of benzene rings is 10. The van der Waals surface area contributed by atoms with Crippen LogP contribution in [-0.2, 0) is 20.0 Å². The number of aryl methyl sites for hydroxylation is 4. The minimum atomic E-state index is -3.69. The first-order valence-electron chi connectivity index (χ1n) is 45.6. The maximum atomic E-state index is 13.2. The number of nitrogens with zero attached hydrogens (tertiary/aromatic N) is 9. The highest BCUT2D eigenvalue weighted by molar-refractivity contribution is 7.92. The van der Waals surface area contributed by atoms with Gasteiger partial charge in [-0.2, -0.15) is 0 Å². The number of phenols is 5. The van der Waals surface area contributed by atoms with E-state index in [1.807, 2.05) is 145 Å². The normalized spacial score (nSPS) is 11.3. The molecule has 0 spiro atoms. The number of H-pyrrole nitrogens is 3. The zero-order valence-electron chi connectivity index (χ0n) is 79.3. The van der Waals surface area contributed by atoms with E-state index in [9.17, 15) is 47.2 Å². The Balaban J connectivity index is 0.000000192. The second-order valence-electron chi connectivity index (χ2n) is 32.4. The van der Waals surface area contributed by atoms with Gasteiger partial charge in [0.2, 0.25) is 20.0 Å². The molecule has 3 aromatic heterocycles. The summed E-state index contributed by atoms with van der Waals surface area (Å²) in [4.78, 5) is 51.7. The number of amides is 1. The number of sulfonamides is 2. The van der Waals surface area contributed by atoms with Crippen LogP contribution in [-0.4, -0.2) is 182 Å². The van der Waals surface area contributed by atoms with Crippen LogP contribution in [0.5, 0.6) is 34.5 Å². The van der Waals surface area contributed by atoms with Crippen molar-refractivity contribution in [2.75, 3.05) is 143 Å². The van der Waals surface area contributed by atoms with Gasteiger partial charge in [-0.1, -0.05) is 42.5 Å². The summed E-state index contributed by atoms with van der Waals surface area (Å²) in [5.41, 5.74) is 19.8. The van der Waals surface area contributed by atoms with Crippen molar-refractivity contribution >= 4 is 71.5 Å². The molecule has 132 heavy (non-hydrogen) atoms. The van der Waals surface area contributed by atoms with Crippen molar-refractivity contribution in [2.45, 2.75) is 124 Å². The number of carbonyl (C=O) groups excluding carboxylic acids is 1. The standard InChI is InChI=1S/C40H47N5O3.C33H44N6O5S2.C31H38N4O3/c1-5-44(6-2)32-21-16-29(17-22-32)37-38(30-18-23-33(24-19-30)45(7-3)8-4)43-39(42-37)31-20-25-36(46)35(28-31)40(47)41-26-12-13-27-48-34-14-10-9-11-15-34;1-9-38(10-2)24-13-15-26(28(19-24)36-45(7,41)42)30-31(35-33(34-30)23-17-21(5)32(40)22(6)18-23)27-16-14-25(39(11-3)12-4)20-29(27)37-46(8,43)44;1-7-34(8-2)22-11-13-24(26(36)17-22)28-29(25-14-12-23(18-27(25)37)35(9-3)10-4)33-31(32-28)21-15-19(5)30(38)20(6)16-21/h9-11,14-25,28,46H,5-8,12-13,26-27H2,1-4H3,(H,41,47)(H,42,43);13-20,36-37,40H,9-12H2,1-8H3,(H,34,35);11-18,36-38H,7-10H2,1-6H3,(H,32,33). The summed E-state index contributed by atoms with van der Waals surface area (Å²) >= 11 is 0. The topological polar surface area (TPSA) is 337 Å². The third kappa shape index (κ3) is 24.0. The number of aromatic amines is 3. The minimum Gasteiger partial charge on any atom is -0.507 e. The van der Waals surface area contributed by atoms with E-state index in [2.05, 4.69) is 163 Å². The van der Waals surface area contributed by atoms with Crippen molar-refractivity contribution in [1.82, 2.24) is 35.2 Å². The number of anilines is 8. The lowest BCUT2D eigenvalue weighted by atomic mass is 10.0. The van der Waals surface area contributed by atoms with Crippen molar-refractivity contribution in [3.05, 3.63) is 222 Å². The first-order valence-corrected chi connectivity index (χ1v) is 49.4. The number of imidazole rings is 3. The lowest BCUT2D eigenvalue weighted by Gasteiger charge is -2.23. The Kier molecular flexibility index (Phi) is 33.6. The molecule has 3 heterocycles. The van der Waals surface area contributed by atoms with Crippen molar-refractivity contribution in [1.29, 1.82) is 0 Å². The van der Waals surface area contributed by atoms with Crippen molar-refractivity contribution < 1.29 is 51.9 Å². The Morgan fingerprint density at radius 3 is 1.13 bits per heavy atom. The number of nitrogens with one attached hydrogen (secondary N) is 6. The van der Waals surface area contributed by atoms with Crippen LogP contribution in [0, 0.1) is 27.7 Å². The molecule has 0 bridgehead atoms. The third-order valence-electron chi connectivity index (χ3n) is 23.7. The lowest BCUT2D eigenvalue weighted by molar-refractivity contribution is 0.0949. The highest BCUT2D eigenvalue weighted by Crippen LogP contribution is 2.47. The second-order valence-corrected chi connectivity index (χ2v) is 35.9. The van der Waals surface area contributed by atoms with E-state index in [0.717, 1.165) is 172 Å². The molecule has 10 aromatic carbocycles. The first kappa shape index (κ1) is 99.0. The van der Waals surface area contributed by atoms with Crippen LogP contribution in [0.2, 0.25) is 0 Å². The molecule has 0 saturated carbocycles. The van der Waals surface area contributed by atoms with E-state index < -0.39 is 20.0 Å². The Labute approximate surface area is 778 Å². The van der Waals surface area contributed by atoms with E-state index in [1.54, 1.807) is 56.3 Å². The van der Waals surface area contributed by atoms with Crippen molar-refractivity contribution in [2.24, 2.45) is 0 Å². The molecule has 0 fully saturated rings. The Hall–Kier alpha value is -13.6. The third-order valence-corrected chi connectivity index (χ3v) is 24.9. The number of carbonyl (C=O) groups is 1. The molecule has 0 aliphatic heterocycles. The van der Waals surface area contributed by atoms with Crippen LogP contribution in [0.15, 0.2) is 194 Å². The number of ether oxygens (including phenoxy) is 1. The molecule has 0 aliphatic rings. The fraction of sp³-hybridized carbons (Fsp3) is 0.327. The molecule has 1 amide bonds. The molecule has 0 atom stereocenters. The predicted octanol–water partition coefficient (Wildman–Crippen LogP) is 21.4. The SMILES string of the molecule is CCN(CC)c1ccc(-c2nc(-c3cc(C)c(O)c(C)c3)[nH]c2-c2ccc(N(CC)CC)cc2NS(C)(=O)=O)c(NS(C)(=O)=O)c1.CCN(CC)c1ccc(-c2nc(-c3cc(C)c(O)c(C)c3)[nH]c2-c2ccc(N(CC)CC)cc2O)c(O)c1.CCN(CC)c1ccc(-c2nc(-c3ccc(O)c(C(=O)NCCCCOc4ccccc4)c3)[nH]c2-c2ccc(N(CC)CC)cc2)cc1. The lowest BCUT2D eigenvalue weighted by Crippen LogP contribution is -2.24. The molecule has 11 N–H and O–H groups in total. The van der Waals surface area contributed by atoms with Gasteiger partial charge in [-0.05, 0) is 285 Å². The molecule has 0 saturated heterocycles. The average molecular weight is 1830 g/mol. The molecule has 26 nitrogen and oxygen atoms in total. The van der Waals surface area contributed by atoms with E-state index in [4.69, 9.17) is 19.7 Å². The van der Waals surface area contributed by atoms with E-state index >= 15 is 0 Å². The summed E-state index contributed by atoms with van der Waals surface area (Å²) in [5, 5.41) is 56.6. The summed E-state index contributed by atoms with van der Waals surface area (Å²) in [6.45, 7) is 43.4. The molecule has 0 unspecified atom stereocenters. The van der Waals surface area contributed by atoms with E-state index in [-0.39, 0.29) is 40.2 Å². The van der Waals surface area contributed by atoms with Crippen LogP contribution in [0.3, 0.4) is 0 Å². The molecule has 698 valence electrons. The molecule has 13 aromatic rings. The van der Waals surface area contributed by atoms with Crippen molar-refractivity contribution in [3.63, 3.8) is 0 Å². The fourth-order valence-corrected chi connectivity index (χ4v) is 17.6. The van der Waals surface area contributed by atoms with Gasteiger partial charge >= 0.3 is 0 Å². The number of aromatic hydroxyl groups is 5. The maximum absolute atomic E-state index is 13.2. The molecular formula is C104H129N15O11S2. The maximum Gasteiger partial charge on any atom is 0.255 e. The number of para-hydroxylation sites is 1. The zero-order chi connectivity index (χ0) is 95.4. The van der Waals surface area contributed by atoms with Gasteiger partial charge in [0, 0.05) is 181 Å². The summed E-state index contributed by atoms with van der Waals surface area (Å²) in [6, 6.07) is 61.5. The van der Waals surface area contributed by atoms with E-state index in [1.165, 1.54) is 11.4 Å².